The second kappa shape index (κ2) is 3.05. The van der Waals surface area contributed by atoms with E-state index in [1.807, 2.05) is 6.08 Å². The first-order chi connectivity index (χ1) is 5.90. The van der Waals surface area contributed by atoms with E-state index in [2.05, 4.69) is 0 Å². The molecule has 2 rings (SSSR count). The Bertz CT molecular complexity index is 278. The molecular formula is C8H9BO3. The van der Waals surface area contributed by atoms with Gasteiger partial charge in [0.05, 0.1) is 0 Å². The van der Waals surface area contributed by atoms with E-state index in [1.165, 1.54) is 0 Å². The van der Waals surface area contributed by atoms with Crippen LogP contribution < -0.4 is 0 Å². The van der Waals surface area contributed by atoms with Gasteiger partial charge in [0.15, 0.2) is 0 Å². The zero-order valence-corrected chi connectivity index (χ0v) is 6.62. The van der Waals surface area contributed by atoms with Crippen LogP contribution in [0.1, 0.15) is 6.42 Å². The zero-order chi connectivity index (χ0) is 8.39. The monoisotopic (exact) mass is 164 g/mol. The van der Waals surface area contributed by atoms with Crippen LogP contribution in [0.3, 0.4) is 0 Å². The average Bonchev–Trinajstić information content (AvgIpc) is 2.17. The van der Waals surface area contributed by atoms with E-state index in [1.54, 1.807) is 6.08 Å². The van der Waals surface area contributed by atoms with Crippen molar-refractivity contribution in [3.63, 3.8) is 0 Å². The summed E-state index contributed by atoms with van der Waals surface area (Å²) in [5.74, 6) is 1.53. The second-order valence-electron chi connectivity index (χ2n) is 2.68. The second-order valence-corrected chi connectivity index (χ2v) is 2.68. The molecule has 3 nitrogen and oxygen atoms in total. The number of rotatable bonds is 0. The van der Waals surface area contributed by atoms with E-state index in [-0.39, 0.29) is 0 Å². The van der Waals surface area contributed by atoms with Gasteiger partial charge in [0.2, 0.25) is 0 Å². The Morgan fingerprint density at radius 3 is 2.75 bits per heavy atom. The van der Waals surface area contributed by atoms with Crippen LogP contribution in [-0.4, -0.2) is 30.8 Å². The molecule has 0 spiro atoms. The minimum atomic E-state index is 0.585. The SMILES string of the molecule is O/B=C1/C=C2OCCOC2=CC1. The summed E-state index contributed by atoms with van der Waals surface area (Å²) in [6, 6.07) is 0. The summed E-state index contributed by atoms with van der Waals surface area (Å²) >= 11 is 0. The molecule has 0 amide bonds. The van der Waals surface area contributed by atoms with Gasteiger partial charge in [-0.05, 0) is 0 Å². The number of hydrogen-bond donors (Lipinski definition) is 1. The van der Waals surface area contributed by atoms with Gasteiger partial charge in [0.25, 0.3) is 0 Å². The molecule has 0 bridgehead atoms. The van der Waals surface area contributed by atoms with Crippen molar-refractivity contribution < 1.29 is 14.5 Å². The first-order valence-corrected chi connectivity index (χ1v) is 3.91. The number of allylic oxidation sites excluding steroid dienone is 2. The predicted octanol–water partition coefficient (Wildman–Crippen LogP) is -0.0114. The Labute approximate surface area is 71.2 Å². The molecule has 0 saturated carbocycles. The van der Waals surface area contributed by atoms with Gasteiger partial charge in [0, 0.05) is 0 Å². The van der Waals surface area contributed by atoms with Crippen LogP contribution in [0.15, 0.2) is 23.7 Å². The summed E-state index contributed by atoms with van der Waals surface area (Å²) in [4.78, 5) is 0. The summed E-state index contributed by atoms with van der Waals surface area (Å²) in [6.45, 7) is 1.20. The van der Waals surface area contributed by atoms with Gasteiger partial charge in [-0.3, -0.25) is 0 Å². The Morgan fingerprint density at radius 1 is 1.25 bits per heavy atom. The first kappa shape index (κ1) is 7.46. The third-order valence-corrected chi connectivity index (χ3v) is 1.85. The molecule has 4 heteroatoms. The molecule has 0 aromatic rings. The van der Waals surface area contributed by atoms with Crippen LogP contribution >= 0.6 is 0 Å². The predicted molar refractivity (Wildman–Crippen MR) is 45.7 cm³/mol. The van der Waals surface area contributed by atoms with Crippen molar-refractivity contribution in [3.05, 3.63) is 23.7 Å². The third kappa shape index (κ3) is 1.24. The van der Waals surface area contributed by atoms with Crippen molar-refractivity contribution in [1.29, 1.82) is 0 Å². The molecule has 1 fully saturated rings. The molecule has 0 radical (unpaired) electrons. The average molecular weight is 164 g/mol. The normalized spacial score (nSPS) is 24.2. The summed E-state index contributed by atoms with van der Waals surface area (Å²) in [7, 11) is 1.10. The van der Waals surface area contributed by atoms with E-state index in [9.17, 15) is 0 Å². The van der Waals surface area contributed by atoms with Crippen molar-refractivity contribution in [2.75, 3.05) is 13.2 Å². The Morgan fingerprint density at radius 2 is 2.00 bits per heavy atom. The summed E-state index contributed by atoms with van der Waals surface area (Å²) < 4.78 is 10.7. The number of hydrogen-bond acceptors (Lipinski definition) is 3. The number of ether oxygens (including phenoxy) is 2. The molecule has 62 valence electrons. The van der Waals surface area contributed by atoms with E-state index in [4.69, 9.17) is 14.5 Å². The molecule has 1 N–H and O–H groups in total. The molecule has 2 aliphatic rings. The molecule has 1 heterocycles. The van der Waals surface area contributed by atoms with Gasteiger partial charge in [-0.25, -0.2) is 0 Å². The van der Waals surface area contributed by atoms with Crippen molar-refractivity contribution in [2.45, 2.75) is 6.42 Å². The van der Waals surface area contributed by atoms with E-state index in [0.717, 1.165) is 24.1 Å². The van der Waals surface area contributed by atoms with Gasteiger partial charge in [0.1, 0.15) is 0 Å². The van der Waals surface area contributed by atoms with Crippen molar-refractivity contribution in [3.8, 4) is 0 Å². The number of fused-ring (bicyclic) bond motifs is 1. The molecule has 12 heavy (non-hydrogen) atoms. The third-order valence-electron chi connectivity index (χ3n) is 1.85. The fourth-order valence-corrected chi connectivity index (χ4v) is 1.25. The van der Waals surface area contributed by atoms with Crippen molar-refractivity contribution >= 4 is 12.6 Å². The van der Waals surface area contributed by atoms with Crippen LogP contribution in [0, 0.1) is 0 Å². The maximum atomic E-state index is 8.75. The van der Waals surface area contributed by atoms with Crippen molar-refractivity contribution in [2.24, 2.45) is 0 Å². The minimum absolute atomic E-state index is 0.585. The molecule has 1 aliphatic heterocycles. The molecule has 0 aromatic heterocycles. The van der Waals surface area contributed by atoms with Gasteiger partial charge in [-0.1, -0.05) is 0 Å². The van der Waals surface area contributed by atoms with Crippen LogP contribution in [-0.2, 0) is 9.47 Å². The quantitative estimate of drug-likeness (QED) is 0.511. The van der Waals surface area contributed by atoms with Gasteiger partial charge in [-0.2, -0.15) is 0 Å². The maximum absolute atomic E-state index is 8.75. The van der Waals surface area contributed by atoms with Crippen LogP contribution in [0.5, 0.6) is 0 Å². The van der Waals surface area contributed by atoms with Gasteiger partial charge >= 0.3 is 70.4 Å². The fraction of sp³-hybridized carbons (Fsp3) is 0.375. The van der Waals surface area contributed by atoms with Crippen molar-refractivity contribution in [1.82, 2.24) is 0 Å². The topological polar surface area (TPSA) is 38.7 Å². The zero-order valence-electron chi connectivity index (χ0n) is 6.62. The molecule has 0 aromatic carbocycles. The van der Waals surface area contributed by atoms with Gasteiger partial charge in [-0.15, -0.1) is 0 Å². The van der Waals surface area contributed by atoms with E-state index >= 15 is 0 Å². The van der Waals surface area contributed by atoms with Crippen LogP contribution in [0.2, 0.25) is 0 Å². The Hall–Kier alpha value is -1.19. The molecule has 1 saturated heterocycles. The van der Waals surface area contributed by atoms with Crippen LogP contribution in [0.4, 0.5) is 0 Å². The van der Waals surface area contributed by atoms with E-state index in [0.29, 0.717) is 19.6 Å². The summed E-state index contributed by atoms with van der Waals surface area (Å²) in [5.41, 5.74) is 0.847. The Balaban J connectivity index is 2.24. The standard InChI is InChI=1S/C8H9BO3/c10-9-6-1-2-7-8(5-6)12-4-3-11-7/h2,5,10H,1,3-4H2. The van der Waals surface area contributed by atoms with Gasteiger partial charge < -0.3 is 0 Å². The molecular weight excluding hydrogens is 155 g/mol. The molecule has 1 aliphatic carbocycles. The Kier molecular flexibility index (Phi) is 1.90. The molecule has 0 unspecified atom stereocenters. The molecule has 0 atom stereocenters. The first-order valence-electron chi connectivity index (χ1n) is 3.91. The van der Waals surface area contributed by atoms with E-state index < -0.39 is 0 Å². The fourth-order valence-electron chi connectivity index (χ4n) is 1.25. The van der Waals surface area contributed by atoms with Crippen LogP contribution in [0.25, 0.3) is 0 Å². The summed E-state index contributed by atoms with van der Waals surface area (Å²) in [5, 5.41) is 8.75. The summed E-state index contributed by atoms with van der Waals surface area (Å²) in [6.07, 6.45) is 4.42.